The number of para-hydroxylation sites is 1. The predicted octanol–water partition coefficient (Wildman–Crippen LogP) is 3.20. The minimum atomic E-state index is -4.88. The minimum absolute atomic E-state index is 0.203. The molecule has 0 aliphatic heterocycles. The molecule has 0 aliphatic carbocycles. The largest absolute Gasteiger partial charge is 0.349 e. The van der Waals surface area contributed by atoms with Crippen molar-refractivity contribution in [3.8, 4) is 0 Å². The van der Waals surface area contributed by atoms with Gasteiger partial charge in [-0.05, 0) is 24.6 Å². The first-order valence-corrected chi connectivity index (χ1v) is 9.90. The molecule has 0 fully saturated rings. The van der Waals surface area contributed by atoms with Gasteiger partial charge in [-0.1, -0.05) is 42.0 Å². The average Bonchev–Trinajstić information content (AvgIpc) is 2.61. The summed E-state index contributed by atoms with van der Waals surface area (Å²) in [5.41, 5.74) is 1.45. The van der Waals surface area contributed by atoms with Crippen LogP contribution in [0.3, 0.4) is 0 Å². The van der Waals surface area contributed by atoms with Crippen LogP contribution in [0.1, 0.15) is 30.5 Å². The number of halogens is 2. The van der Waals surface area contributed by atoms with Gasteiger partial charge in [0.2, 0.25) is 21.7 Å². The Labute approximate surface area is 161 Å². The van der Waals surface area contributed by atoms with Crippen LogP contribution >= 0.6 is 0 Å². The van der Waals surface area contributed by atoms with E-state index in [9.17, 15) is 26.8 Å². The summed E-state index contributed by atoms with van der Waals surface area (Å²) < 4.78 is 49.3. The van der Waals surface area contributed by atoms with Crippen molar-refractivity contribution >= 4 is 27.3 Å². The van der Waals surface area contributed by atoms with Gasteiger partial charge < -0.3 is 10.6 Å². The van der Waals surface area contributed by atoms with Gasteiger partial charge in [-0.2, -0.15) is 8.78 Å². The fourth-order valence-electron chi connectivity index (χ4n) is 2.60. The van der Waals surface area contributed by atoms with Crippen molar-refractivity contribution in [1.82, 2.24) is 5.32 Å². The molecule has 0 aliphatic rings. The molecule has 0 saturated carbocycles. The van der Waals surface area contributed by atoms with E-state index in [1.807, 2.05) is 19.1 Å². The summed E-state index contributed by atoms with van der Waals surface area (Å²) in [5.74, 6) is -4.58. The highest BCUT2D eigenvalue weighted by molar-refractivity contribution is 7.91. The van der Waals surface area contributed by atoms with Gasteiger partial charge >= 0.3 is 5.76 Å². The summed E-state index contributed by atoms with van der Waals surface area (Å²) in [6.07, 6.45) is -0.203. The first kappa shape index (κ1) is 21.5. The van der Waals surface area contributed by atoms with E-state index in [0.29, 0.717) is 5.56 Å². The predicted molar refractivity (Wildman–Crippen MR) is 101 cm³/mol. The van der Waals surface area contributed by atoms with Crippen LogP contribution in [-0.2, 0) is 19.4 Å². The van der Waals surface area contributed by atoms with Gasteiger partial charge in [-0.25, -0.2) is 8.42 Å². The number of rotatable bonds is 7. The van der Waals surface area contributed by atoms with Crippen LogP contribution < -0.4 is 10.6 Å². The van der Waals surface area contributed by atoms with Crippen molar-refractivity contribution in [1.29, 1.82) is 0 Å². The molecular formula is C19H20F2N2O4S. The number of nitrogens with one attached hydrogen (secondary N) is 2. The van der Waals surface area contributed by atoms with Crippen LogP contribution in [0.4, 0.5) is 14.5 Å². The number of carbonyl (C=O) groups is 2. The average molecular weight is 410 g/mol. The molecule has 2 rings (SSSR count). The molecule has 2 aromatic rings. The van der Waals surface area contributed by atoms with Gasteiger partial charge in [-0.3, -0.25) is 9.59 Å². The minimum Gasteiger partial charge on any atom is -0.349 e. The molecule has 2 amide bonds. The Bertz CT molecular complexity index is 960. The number of hydrogen-bond donors (Lipinski definition) is 2. The van der Waals surface area contributed by atoms with E-state index in [4.69, 9.17) is 0 Å². The molecule has 28 heavy (non-hydrogen) atoms. The molecular weight excluding hydrogens is 390 g/mol. The molecule has 150 valence electrons. The Morgan fingerprint density at radius 1 is 1.04 bits per heavy atom. The fraction of sp³-hybridized carbons (Fsp3) is 0.263. The lowest BCUT2D eigenvalue weighted by atomic mass is 10.0. The number of amides is 2. The number of anilines is 1. The molecule has 0 spiro atoms. The van der Waals surface area contributed by atoms with Gasteiger partial charge in [0.1, 0.15) is 0 Å². The van der Waals surface area contributed by atoms with Crippen molar-refractivity contribution < 1.29 is 26.8 Å². The van der Waals surface area contributed by atoms with Crippen molar-refractivity contribution in [3.63, 3.8) is 0 Å². The number of alkyl halides is 2. The number of aryl methyl sites for hydroxylation is 1. The fourth-order valence-corrected chi connectivity index (χ4v) is 3.48. The zero-order valence-corrected chi connectivity index (χ0v) is 16.1. The van der Waals surface area contributed by atoms with E-state index < -0.39 is 32.4 Å². The van der Waals surface area contributed by atoms with E-state index in [1.54, 1.807) is 12.1 Å². The van der Waals surface area contributed by atoms with Crippen molar-refractivity contribution in [2.45, 2.75) is 37.0 Å². The number of sulfone groups is 1. The SMILES string of the molecule is CC(=O)NC(CC(=O)Nc1ccccc1S(=O)(=O)C(F)F)c1ccc(C)cc1. The molecule has 0 radical (unpaired) electrons. The van der Waals surface area contributed by atoms with Gasteiger partial charge in [0.15, 0.2) is 0 Å². The molecule has 0 aromatic heterocycles. The maximum atomic E-state index is 12.9. The van der Waals surface area contributed by atoms with Crippen LogP contribution in [0.2, 0.25) is 0 Å². The lowest BCUT2D eigenvalue weighted by Gasteiger charge is -2.19. The van der Waals surface area contributed by atoms with Crippen LogP contribution in [0.5, 0.6) is 0 Å². The second-order valence-electron chi connectivity index (χ2n) is 6.22. The molecule has 2 N–H and O–H groups in total. The number of hydrogen-bond acceptors (Lipinski definition) is 4. The first-order chi connectivity index (χ1) is 13.1. The highest BCUT2D eigenvalue weighted by Gasteiger charge is 2.29. The summed E-state index contributed by atoms with van der Waals surface area (Å²) >= 11 is 0. The van der Waals surface area contributed by atoms with Crippen LogP contribution in [-0.4, -0.2) is 26.0 Å². The summed E-state index contributed by atoms with van der Waals surface area (Å²) in [5, 5.41) is 5.01. The molecule has 6 nitrogen and oxygen atoms in total. The molecule has 1 atom stereocenters. The lowest BCUT2D eigenvalue weighted by Crippen LogP contribution is -2.30. The zero-order valence-electron chi connectivity index (χ0n) is 15.3. The second-order valence-corrected chi connectivity index (χ2v) is 8.10. The van der Waals surface area contributed by atoms with Gasteiger partial charge in [0, 0.05) is 6.92 Å². The third kappa shape index (κ3) is 5.35. The Morgan fingerprint density at radius 2 is 1.64 bits per heavy atom. The van der Waals surface area contributed by atoms with E-state index in [0.717, 1.165) is 11.6 Å². The highest BCUT2D eigenvalue weighted by Crippen LogP contribution is 2.27. The molecule has 0 bridgehead atoms. The van der Waals surface area contributed by atoms with E-state index in [1.165, 1.54) is 25.1 Å². The first-order valence-electron chi connectivity index (χ1n) is 8.36. The topological polar surface area (TPSA) is 92.3 Å². The van der Waals surface area contributed by atoms with Crippen LogP contribution in [0.15, 0.2) is 53.4 Å². The maximum absolute atomic E-state index is 12.9. The van der Waals surface area contributed by atoms with Crippen molar-refractivity contribution in [2.75, 3.05) is 5.32 Å². The molecule has 9 heteroatoms. The summed E-state index contributed by atoms with van der Waals surface area (Å²) in [7, 11) is -4.88. The monoisotopic (exact) mass is 410 g/mol. The quantitative estimate of drug-likeness (QED) is 0.733. The lowest BCUT2D eigenvalue weighted by molar-refractivity contribution is -0.120. The van der Waals surface area contributed by atoms with Crippen LogP contribution in [0.25, 0.3) is 0 Å². The Kier molecular flexibility index (Phi) is 6.85. The van der Waals surface area contributed by atoms with Crippen molar-refractivity contribution in [3.05, 3.63) is 59.7 Å². The van der Waals surface area contributed by atoms with E-state index >= 15 is 0 Å². The van der Waals surface area contributed by atoms with Gasteiger partial charge in [0.05, 0.1) is 23.0 Å². The zero-order chi connectivity index (χ0) is 20.9. The Hall–Kier alpha value is -2.81. The normalized spacial score (nSPS) is 12.5. The van der Waals surface area contributed by atoms with E-state index in [-0.39, 0.29) is 18.0 Å². The summed E-state index contributed by atoms with van der Waals surface area (Å²) in [6.45, 7) is 3.20. The molecule has 2 aromatic carbocycles. The molecule has 1 unspecified atom stereocenters. The molecule has 0 heterocycles. The van der Waals surface area contributed by atoms with Crippen molar-refractivity contribution in [2.24, 2.45) is 0 Å². The molecule has 0 saturated heterocycles. The van der Waals surface area contributed by atoms with Gasteiger partial charge in [0.25, 0.3) is 0 Å². The summed E-state index contributed by atoms with van der Waals surface area (Å²) in [6, 6.07) is 11.5. The third-order valence-electron chi connectivity index (χ3n) is 3.95. The Balaban J connectivity index is 2.24. The standard InChI is InChI=1S/C19H20F2N2O4S/c1-12-7-9-14(10-8-12)16(22-13(2)24)11-18(25)23-15-5-3-4-6-17(15)28(26,27)19(20)21/h3-10,16,19H,11H2,1-2H3,(H,22,24)(H,23,25). The highest BCUT2D eigenvalue weighted by atomic mass is 32.2. The van der Waals surface area contributed by atoms with Gasteiger partial charge in [-0.15, -0.1) is 0 Å². The smallest absolute Gasteiger partial charge is 0.341 e. The number of benzene rings is 2. The maximum Gasteiger partial charge on any atom is 0.341 e. The van der Waals surface area contributed by atoms with E-state index in [2.05, 4.69) is 10.6 Å². The summed E-state index contributed by atoms with van der Waals surface area (Å²) in [4.78, 5) is 23.3. The van der Waals surface area contributed by atoms with Crippen LogP contribution in [0, 0.1) is 6.92 Å². The Morgan fingerprint density at radius 3 is 2.21 bits per heavy atom. The second kappa shape index (κ2) is 8.92. The number of carbonyl (C=O) groups excluding carboxylic acids is 2. The third-order valence-corrected chi connectivity index (χ3v) is 5.39.